The van der Waals surface area contributed by atoms with E-state index in [-0.39, 0.29) is 23.6 Å². The molecule has 2 aliphatic carbocycles. The molecule has 2 nitrogen and oxygen atoms in total. The summed E-state index contributed by atoms with van der Waals surface area (Å²) in [4.78, 5) is 0. The van der Waals surface area contributed by atoms with E-state index in [2.05, 4.69) is 104 Å². The van der Waals surface area contributed by atoms with E-state index in [9.17, 15) is 0 Å². The van der Waals surface area contributed by atoms with Gasteiger partial charge in [-0.15, -0.1) is 0 Å². The summed E-state index contributed by atoms with van der Waals surface area (Å²) in [6, 6.07) is 25.2. The lowest BCUT2D eigenvalue weighted by atomic mass is 9.65. The number of fused-ring (bicyclic) bond motifs is 3. The molecule has 0 bridgehead atoms. The third-order valence-electron chi connectivity index (χ3n) is 12.2. The predicted octanol–water partition coefficient (Wildman–Crippen LogP) is 9.13. The largest absolute Gasteiger partial charge is 0.221 e. The highest BCUT2D eigenvalue weighted by atomic mass is 19.1. The van der Waals surface area contributed by atoms with Crippen LogP contribution in [-0.2, 0) is 23.8 Å². The second-order valence-corrected chi connectivity index (χ2v) is 15.1. The van der Waals surface area contributed by atoms with Crippen molar-refractivity contribution in [3.63, 3.8) is 0 Å². The van der Waals surface area contributed by atoms with E-state index < -0.39 is 10.8 Å². The number of benzene rings is 4. The highest BCUT2D eigenvalue weighted by Gasteiger charge is 2.50. The van der Waals surface area contributed by atoms with Gasteiger partial charge in [-0.05, 0) is 51.6 Å². The van der Waals surface area contributed by atoms with Gasteiger partial charge >= 0.3 is 0 Å². The Morgan fingerprint density at radius 1 is 0.652 bits per heavy atom. The molecule has 2 aromatic heterocycles. The van der Waals surface area contributed by atoms with Crippen LogP contribution in [0.2, 0.25) is 0 Å². The van der Waals surface area contributed by atoms with Crippen molar-refractivity contribution in [3.05, 3.63) is 130 Å². The van der Waals surface area contributed by atoms with Crippen LogP contribution >= 0.6 is 0 Å². The second-order valence-electron chi connectivity index (χ2n) is 15.1. The van der Waals surface area contributed by atoms with Crippen LogP contribution in [0.15, 0.2) is 85.2 Å². The average Bonchev–Trinajstić information content (AvgIpc) is 3.04. The first-order valence-electron chi connectivity index (χ1n) is 16.8. The normalized spacial score (nSPS) is 20.8. The maximum absolute atomic E-state index is 16.1. The molecule has 2 atom stereocenters. The maximum Gasteiger partial charge on any atom is 0.221 e. The lowest BCUT2D eigenvalue weighted by molar-refractivity contribution is -0.722. The van der Waals surface area contributed by atoms with Gasteiger partial charge in [0, 0.05) is 46.9 Å². The summed E-state index contributed by atoms with van der Waals surface area (Å²) in [7, 11) is 0. The van der Waals surface area contributed by atoms with Crippen LogP contribution in [0.4, 0.5) is 8.78 Å². The third kappa shape index (κ3) is 3.11. The Hall–Kier alpha value is -4.44. The Kier molecular flexibility index (Phi) is 5.04. The van der Waals surface area contributed by atoms with Crippen LogP contribution in [-0.4, -0.2) is 0 Å². The first-order valence-corrected chi connectivity index (χ1v) is 16.8. The number of aromatic nitrogens is 2. The van der Waals surface area contributed by atoms with Crippen LogP contribution in [0, 0.1) is 11.6 Å². The minimum atomic E-state index is -0.460. The number of hydrogen-bond donors (Lipinski definition) is 0. The molecule has 0 amide bonds. The van der Waals surface area contributed by atoms with Crippen molar-refractivity contribution in [3.8, 4) is 22.5 Å². The average molecular weight is 607 g/mol. The Labute approximate surface area is 268 Å². The van der Waals surface area contributed by atoms with Crippen molar-refractivity contribution in [1.29, 1.82) is 0 Å². The van der Waals surface area contributed by atoms with Crippen LogP contribution in [0.5, 0.6) is 0 Å². The van der Waals surface area contributed by atoms with Crippen LogP contribution in [0.25, 0.3) is 44.1 Å². The summed E-state index contributed by atoms with van der Waals surface area (Å²) in [6.07, 6.45) is 7.12. The molecule has 4 heteroatoms. The smallest absolute Gasteiger partial charge is 0.207 e. The molecule has 10 rings (SSSR count). The fourth-order valence-corrected chi connectivity index (χ4v) is 10.1. The van der Waals surface area contributed by atoms with E-state index in [1.54, 1.807) is 12.1 Å². The Morgan fingerprint density at radius 2 is 1.28 bits per heavy atom. The quantitative estimate of drug-likeness (QED) is 0.152. The van der Waals surface area contributed by atoms with Crippen LogP contribution < -0.4 is 9.13 Å². The van der Waals surface area contributed by atoms with E-state index in [4.69, 9.17) is 0 Å². The molecule has 6 aromatic rings. The van der Waals surface area contributed by atoms with Gasteiger partial charge in [-0.2, -0.15) is 9.13 Å². The molecule has 0 saturated carbocycles. The van der Waals surface area contributed by atoms with Gasteiger partial charge in [0.25, 0.3) is 0 Å². The van der Waals surface area contributed by atoms with Crippen molar-refractivity contribution >= 4 is 21.5 Å². The number of aryl methyl sites for hydroxylation is 2. The molecule has 226 valence electrons. The summed E-state index contributed by atoms with van der Waals surface area (Å²) < 4.78 is 37.0. The van der Waals surface area contributed by atoms with Crippen LogP contribution in [0.1, 0.15) is 85.9 Å². The van der Waals surface area contributed by atoms with Crippen molar-refractivity contribution < 1.29 is 17.9 Å². The first-order chi connectivity index (χ1) is 22.2. The predicted molar refractivity (Wildman–Crippen MR) is 178 cm³/mol. The first kappa shape index (κ1) is 26.7. The summed E-state index contributed by atoms with van der Waals surface area (Å²) in [5.41, 5.74) is 10.1. The van der Waals surface area contributed by atoms with Gasteiger partial charge in [0.2, 0.25) is 11.4 Å². The Bertz CT molecular complexity index is 2290. The van der Waals surface area contributed by atoms with Crippen molar-refractivity contribution in [2.45, 2.75) is 76.3 Å². The molecule has 0 N–H and O–H groups in total. The monoisotopic (exact) mass is 606 g/mol. The topological polar surface area (TPSA) is 7.76 Å². The Morgan fingerprint density at radius 3 is 2.00 bits per heavy atom. The van der Waals surface area contributed by atoms with Crippen molar-refractivity contribution in [2.75, 3.05) is 0 Å². The number of hydrogen-bond acceptors (Lipinski definition) is 0. The van der Waals surface area contributed by atoms with Gasteiger partial charge in [-0.1, -0.05) is 76.2 Å². The summed E-state index contributed by atoms with van der Waals surface area (Å²) in [5, 5.41) is 4.91. The minimum Gasteiger partial charge on any atom is -0.207 e. The van der Waals surface area contributed by atoms with E-state index >= 15 is 8.78 Å². The fourth-order valence-electron chi connectivity index (χ4n) is 10.1. The van der Waals surface area contributed by atoms with Gasteiger partial charge in [0.05, 0.1) is 27.8 Å². The van der Waals surface area contributed by atoms with Gasteiger partial charge in [0.1, 0.15) is 18.2 Å². The lowest BCUT2D eigenvalue weighted by Gasteiger charge is -2.40. The zero-order valence-electron chi connectivity index (χ0n) is 26.7. The number of halogens is 2. The zero-order valence-corrected chi connectivity index (χ0v) is 26.7. The molecule has 4 aliphatic rings. The van der Waals surface area contributed by atoms with Crippen LogP contribution in [0.3, 0.4) is 0 Å². The van der Waals surface area contributed by atoms with E-state index in [1.807, 2.05) is 6.07 Å². The SMILES string of the molecule is CC1(C)c2c(F)ccc3c2-c2c4c1cccc4cc[n+]2CCC1c2ccc(F)c4c2-c2c5c(cccc5cc[n+]2C1CC3)C4(C)C. The maximum atomic E-state index is 16.1. The van der Waals surface area contributed by atoms with Gasteiger partial charge in [-0.25, -0.2) is 8.78 Å². The fraction of sp³-hybridized carbons (Fsp3) is 0.286. The molecular weight excluding hydrogens is 570 g/mol. The molecule has 0 fully saturated rings. The molecule has 0 radical (unpaired) electrons. The molecule has 0 saturated heterocycles. The van der Waals surface area contributed by atoms with Gasteiger partial charge < -0.3 is 0 Å². The standard InChI is InChI=1S/C42H36F2N2/c1-41(2)28-9-5-7-23-17-20-45-21-19-26-27-13-15-31(44)38-36(27)40-34-24(8-6-10-29(34)42(38,3)4)18-22-46(40)32(26)16-12-25-11-14-30(43)37(41)35(25)39(45)33(23)28/h5-11,13-15,17-18,20,22,26,32H,12,16,19,21H2,1-4H3/q+2. The molecular formula is C42H36F2N2+2. The molecule has 2 aliphatic heterocycles. The summed E-state index contributed by atoms with van der Waals surface area (Å²) in [5.74, 6) is -0.0362. The zero-order chi connectivity index (χ0) is 31.3. The molecule has 4 heterocycles. The van der Waals surface area contributed by atoms with Gasteiger partial charge in [0.15, 0.2) is 18.4 Å². The van der Waals surface area contributed by atoms with E-state index in [0.717, 1.165) is 53.8 Å². The summed E-state index contributed by atoms with van der Waals surface area (Å²) in [6.45, 7) is 9.52. The number of nitrogens with zero attached hydrogens (tertiary/aromatic N) is 2. The van der Waals surface area contributed by atoms with Gasteiger partial charge in [-0.3, -0.25) is 0 Å². The number of pyridine rings is 2. The molecule has 4 aromatic carbocycles. The molecule has 2 unspecified atom stereocenters. The number of rotatable bonds is 0. The summed E-state index contributed by atoms with van der Waals surface area (Å²) >= 11 is 0. The highest BCUT2D eigenvalue weighted by molar-refractivity contribution is 6.02. The second kappa shape index (κ2) is 8.67. The highest BCUT2D eigenvalue weighted by Crippen LogP contribution is 2.55. The Balaban J connectivity index is 1.27. The van der Waals surface area contributed by atoms with E-state index in [1.165, 1.54) is 49.5 Å². The lowest BCUT2D eigenvalue weighted by Crippen LogP contribution is -2.51. The third-order valence-corrected chi connectivity index (χ3v) is 12.2. The molecule has 46 heavy (non-hydrogen) atoms. The minimum absolute atomic E-state index is 0.118. The van der Waals surface area contributed by atoms with E-state index in [0.29, 0.717) is 0 Å². The van der Waals surface area contributed by atoms with Crippen molar-refractivity contribution in [2.24, 2.45) is 0 Å². The molecule has 0 spiro atoms. The van der Waals surface area contributed by atoms with Crippen molar-refractivity contribution in [1.82, 2.24) is 0 Å².